The molecular formula is C17H14IN3O. The number of allylic oxidation sites excluding steroid dienone is 3. The van der Waals surface area contributed by atoms with Crippen molar-refractivity contribution in [3.63, 3.8) is 0 Å². The molecule has 1 amide bonds. The zero-order valence-electron chi connectivity index (χ0n) is 12.0. The van der Waals surface area contributed by atoms with Crippen LogP contribution in [0.2, 0.25) is 0 Å². The van der Waals surface area contributed by atoms with Crippen molar-refractivity contribution < 1.29 is 4.79 Å². The highest BCUT2D eigenvalue weighted by molar-refractivity contribution is 14.1. The molecule has 0 bridgehead atoms. The molecule has 1 aromatic heterocycles. The smallest absolute Gasteiger partial charge is 0.256 e. The fourth-order valence-electron chi connectivity index (χ4n) is 2.31. The van der Waals surface area contributed by atoms with Crippen LogP contribution in [0.4, 0.5) is 5.69 Å². The second-order valence-electron chi connectivity index (χ2n) is 5.02. The average molecular weight is 403 g/mol. The maximum absolute atomic E-state index is 12.0. The minimum atomic E-state index is -0.0928. The Morgan fingerprint density at radius 1 is 1.36 bits per heavy atom. The van der Waals surface area contributed by atoms with E-state index in [1.54, 1.807) is 6.08 Å². The van der Waals surface area contributed by atoms with Crippen molar-refractivity contribution in [2.45, 2.75) is 6.92 Å². The number of nitrogens with one attached hydrogen (secondary N) is 2. The van der Waals surface area contributed by atoms with Crippen LogP contribution in [0.25, 0.3) is 11.6 Å². The quantitative estimate of drug-likeness (QED) is 0.464. The molecule has 1 aromatic carbocycles. The number of para-hydroxylation sites is 1. The van der Waals surface area contributed by atoms with Gasteiger partial charge in [-0.25, -0.2) is 0 Å². The van der Waals surface area contributed by atoms with Crippen LogP contribution in [0.15, 0.2) is 48.6 Å². The highest BCUT2D eigenvalue weighted by atomic mass is 127. The summed E-state index contributed by atoms with van der Waals surface area (Å²) in [6.07, 6.45) is 5.65. The van der Waals surface area contributed by atoms with Gasteiger partial charge in [0.2, 0.25) is 0 Å². The van der Waals surface area contributed by atoms with E-state index in [0.29, 0.717) is 5.57 Å². The van der Waals surface area contributed by atoms with Crippen molar-refractivity contribution in [1.29, 1.82) is 0 Å². The summed E-state index contributed by atoms with van der Waals surface area (Å²) < 4.78 is 0.913. The molecule has 5 heteroatoms. The molecule has 22 heavy (non-hydrogen) atoms. The Bertz CT molecular complexity index is 811. The number of carbonyl (C=O) groups excluding carboxylic acids is 1. The molecule has 1 aliphatic rings. The minimum absolute atomic E-state index is 0.0928. The fourth-order valence-corrected chi connectivity index (χ4v) is 3.01. The van der Waals surface area contributed by atoms with E-state index in [1.165, 1.54) is 0 Å². The van der Waals surface area contributed by atoms with Gasteiger partial charge in [0.25, 0.3) is 5.91 Å². The summed E-state index contributed by atoms with van der Waals surface area (Å²) in [6, 6.07) is 7.65. The number of hydrogen-bond acceptors (Lipinski definition) is 2. The van der Waals surface area contributed by atoms with Crippen LogP contribution in [0.5, 0.6) is 0 Å². The number of H-pyrrole nitrogens is 1. The van der Waals surface area contributed by atoms with E-state index in [2.05, 4.69) is 44.7 Å². The number of amides is 1. The van der Waals surface area contributed by atoms with E-state index >= 15 is 0 Å². The van der Waals surface area contributed by atoms with Gasteiger partial charge in [0.1, 0.15) is 3.70 Å². The Morgan fingerprint density at radius 2 is 2.14 bits per heavy atom. The number of halogens is 1. The number of rotatable bonds is 3. The first-order valence-corrected chi connectivity index (χ1v) is 7.84. The Labute approximate surface area is 142 Å². The molecule has 0 radical (unpaired) electrons. The highest BCUT2D eigenvalue weighted by Gasteiger charge is 2.22. The van der Waals surface area contributed by atoms with Gasteiger partial charge in [0.15, 0.2) is 0 Å². The van der Waals surface area contributed by atoms with Gasteiger partial charge in [0.05, 0.1) is 0 Å². The molecular weight excluding hydrogens is 389 g/mol. The molecule has 2 heterocycles. The van der Waals surface area contributed by atoms with Crippen LogP contribution < -0.4 is 5.32 Å². The first-order valence-electron chi connectivity index (χ1n) is 6.76. The molecule has 0 aliphatic carbocycles. The van der Waals surface area contributed by atoms with Gasteiger partial charge in [-0.3, -0.25) is 9.89 Å². The van der Waals surface area contributed by atoms with Gasteiger partial charge >= 0.3 is 0 Å². The van der Waals surface area contributed by atoms with Crippen molar-refractivity contribution in [2.24, 2.45) is 0 Å². The predicted molar refractivity (Wildman–Crippen MR) is 97.3 cm³/mol. The van der Waals surface area contributed by atoms with E-state index in [0.717, 1.165) is 31.8 Å². The molecule has 0 saturated carbocycles. The third kappa shape index (κ3) is 2.76. The summed E-state index contributed by atoms with van der Waals surface area (Å²) in [6.45, 7) is 5.98. The molecule has 0 spiro atoms. The van der Waals surface area contributed by atoms with Gasteiger partial charge in [-0.1, -0.05) is 30.9 Å². The lowest BCUT2D eigenvalue weighted by molar-refractivity contribution is -0.110. The number of fused-ring (bicyclic) bond motifs is 1. The lowest BCUT2D eigenvalue weighted by Crippen LogP contribution is -2.03. The molecule has 0 atom stereocenters. The molecule has 2 aromatic rings. The first kappa shape index (κ1) is 14.8. The fraction of sp³-hybridized carbons (Fsp3) is 0.0588. The molecule has 110 valence electrons. The standard InChI is InChI=1S/C17H14IN3O/c1-10(7-8-12-11(2)20-21-16(12)18)9-14-13-5-3-4-6-15(13)19-17(14)22/h3-9H,1H2,2H3,(H,19,22)(H,20,21)/b8-7-,14-9+. The molecule has 0 saturated heterocycles. The summed E-state index contributed by atoms with van der Waals surface area (Å²) >= 11 is 2.18. The number of nitrogens with zero attached hydrogens (tertiary/aromatic N) is 1. The lowest BCUT2D eigenvalue weighted by Gasteiger charge is -1.98. The topological polar surface area (TPSA) is 57.8 Å². The Kier molecular flexibility index (Phi) is 3.98. The lowest BCUT2D eigenvalue weighted by atomic mass is 10.0. The molecule has 0 fully saturated rings. The third-order valence-electron chi connectivity index (χ3n) is 3.45. The largest absolute Gasteiger partial charge is 0.321 e. The van der Waals surface area contributed by atoms with Crippen LogP contribution >= 0.6 is 22.6 Å². The van der Waals surface area contributed by atoms with Gasteiger partial charge in [-0.15, -0.1) is 0 Å². The van der Waals surface area contributed by atoms with Gasteiger partial charge in [-0.05, 0) is 53.3 Å². The molecule has 4 nitrogen and oxygen atoms in total. The minimum Gasteiger partial charge on any atom is -0.321 e. The van der Waals surface area contributed by atoms with Gasteiger partial charge < -0.3 is 5.32 Å². The highest BCUT2D eigenvalue weighted by Crippen LogP contribution is 2.32. The van der Waals surface area contributed by atoms with E-state index in [-0.39, 0.29) is 5.91 Å². The number of hydrogen-bond donors (Lipinski definition) is 2. The zero-order chi connectivity index (χ0) is 15.7. The number of carbonyl (C=O) groups is 1. The molecule has 0 unspecified atom stereocenters. The maximum atomic E-state index is 12.0. The number of aryl methyl sites for hydroxylation is 1. The van der Waals surface area contributed by atoms with Crippen LogP contribution in [0, 0.1) is 10.6 Å². The predicted octanol–water partition coefficient (Wildman–Crippen LogP) is 3.93. The summed E-state index contributed by atoms with van der Waals surface area (Å²) in [5.41, 5.74) is 5.20. The SMILES string of the molecule is C=C(/C=C\c1c(I)n[nH]c1C)/C=C1/C(=O)Nc2ccccc21. The van der Waals surface area contributed by atoms with Crippen LogP contribution in [-0.2, 0) is 4.79 Å². The van der Waals surface area contributed by atoms with E-state index in [4.69, 9.17) is 0 Å². The van der Waals surface area contributed by atoms with Crippen molar-refractivity contribution >= 4 is 45.8 Å². The summed E-state index contributed by atoms with van der Waals surface area (Å²) in [7, 11) is 0. The second-order valence-corrected chi connectivity index (χ2v) is 6.04. The third-order valence-corrected chi connectivity index (χ3v) is 4.27. The summed E-state index contributed by atoms with van der Waals surface area (Å²) in [4.78, 5) is 12.0. The normalized spacial score (nSPS) is 15.4. The van der Waals surface area contributed by atoms with E-state index in [1.807, 2.05) is 43.3 Å². The van der Waals surface area contributed by atoms with Gasteiger partial charge in [0, 0.05) is 28.1 Å². The van der Waals surface area contributed by atoms with Crippen molar-refractivity contribution in [1.82, 2.24) is 10.2 Å². The second kappa shape index (κ2) is 5.92. The molecule has 3 rings (SSSR count). The zero-order valence-corrected chi connectivity index (χ0v) is 14.1. The van der Waals surface area contributed by atoms with E-state index in [9.17, 15) is 4.79 Å². The van der Waals surface area contributed by atoms with Crippen molar-refractivity contribution in [2.75, 3.05) is 5.32 Å². The maximum Gasteiger partial charge on any atom is 0.256 e. The summed E-state index contributed by atoms with van der Waals surface area (Å²) in [5, 5.41) is 9.93. The van der Waals surface area contributed by atoms with Crippen molar-refractivity contribution in [3.05, 3.63) is 69.1 Å². The monoisotopic (exact) mass is 403 g/mol. The van der Waals surface area contributed by atoms with E-state index < -0.39 is 0 Å². The Morgan fingerprint density at radius 3 is 2.86 bits per heavy atom. The average Bonchev–Trinajstić information content (AvgIpc) is 2.98. The Hall–Kier alpha value is -2.15. The van der Waals surface area contributed by atoms with Crippen LogP contribution in [0.3, 0.4) is 0 Å². The molecule has 1 aliphatic heterocycles. The van der Waals surface area contributed by atoms with Gasteiger partial charge in [-0.2, -0.15) is 5.10 Å². The number of benzene rings is 1. The number of anilines is 1. The number of aromatic amines is 1. The molecule has 2 N–H and O–H groups in total. The number of aromatic nitrogens is 2. The van der Waals surface area contributed by atoms with Crippen LogP contribution in [0.1, 0.15) is 16.8 Å². The summed E-state index contributed by atoms with van der Waals surface area (Å²) in [5.74, 6) is -0.0928. The van der Waals surface area contributed by atoms with Crippen LogP contribution in [-0.4, -0.2) is 16.1 Å². The first-order chi connectivity index (χ1) is 10.6. The van der Waals surface area contributed by atoms with Crippen molar-refractivity contribution in [3.8, 4) is 0 Å². The Balaban J connectivity index is 1.87.